The molecule has 0 spiro atoms. The molecule has 309 valence electrons. The largest absolute Gasteiger partial charge is 0.305 e. The summed E-state index contributed by atoms with van der Waals surface area (Å²) < 4.78 is 18.3. The molecule has 0 saturated heterocycles. The number of pyridine rings is 2. The van der Waals surface area contributed by atoms with Crippen LogP contribution in [0, 0.1) is 29.9 Å². The Balaban J connectivity index is 0.000000170. The van der Waals surface area contributed by atoms with E-state index in [4.69, 9.17) is 12.7 Å². The zero-order valence-electron chi connectivity index (χ0n) is 37.6. The summed E-state index contributed by atoms with van der Waals surface area (Å²) in [6.45, 7) is 6.87. The Morgan fingerprint density at radius 3 is 1.97 bits per heavy atom. The predicted octanol–water partition coefficient (Wildman–Crippen LogP) is 13.6. The van der Waals surface area contributed by atoms with Crippen LogP contribution in [-0.2, 0) is 31.9 Å². The van der Waals surface area contributed by atoms with Gasteiger partial charge in [-0.25, -0.2) is 0 Å². The molecule has 0 N–H and O–H groups in total. The van der Waals surface area contributed by atoms with Crippen molar-refractivity contribution >= 4 is 13.3 Å². The number of fused-ring (bicyclic) bond motifs is 5. The first kappa shape index (κ1) is 39.3. The first-order chi connectivity index (χ1) is 30.6. The molecular weight excluding hydrogens is 945 g/mol. The van der Waals surface area contributed by atoms with Crippen LogP contribution in [0.2, 0.25) is 19.6 Å². The Morgan fingerprint density at radius 2 is 1.31 bits per heavy atom. The standard InChI is InChI=1S/C36H24N.C22H28NSi.Ir/c1-4-12-26(13-5-1)27-22-23-37-35(25-27)28-20-21-34-32(24-28)31-18-10-11-19-33(31)36(34,29-14-6-2-7-15-29)30-16-8-3-9-17-30;1-24(2,3)22-15-23-21(17-7-5-4-6-8-17)14-20(22)13-19-12-16-9-10-18(19)11-16;/h1-19,21-25H;4-7,14-16,18-19H,9-13H2,1-3H3;/q2*-1;/i;13D2;. The fourth-order valence-electron chi connectivity index (χ4n) is 10.4. The molecule has 1 radical (unpaired) electrons. The second kappa shape index (κ2) is 17.7. The van der Waals surface area contributed by atoms with E-state index < -0.39 is 19.9 Å². The first-order valence-electron chi connectivity index (χ1n) is 22.9. The molecule has 0 aliphatic heterocycles. The van der Waals surface area contributed by atoms with Gasteiger partial charge in [0.1, 0.15) is 0 Å². The van der Waals surface area contributed by atoms with Crippen molar-refractivity contribution in [3.63, 3.8) is 0 Å². The molecule has 3 aliphatic rings. The molecule has 62 heavy (non-hydrogen) atoms. The van der Waals surface area contributed by atoms with E-state index in [0.29, 0.717) is 5.92 Å². The van der Waals surface area contributed by atoms with Crippen LogP contribution >= 0.6 is 0 Å². The molecule has 2 heterocycles. The molecule has 11 rings (SSSR count). The van der Waals surface area contributed by atoms with Crippen molar-refractivity contribution in [2.75, 3.05) is 0 Å². The first-order valence-corrected chi connectivity index (χ1v) is 25.4. The van der Waals surface area contributed by atoms with Gasteiger partial charge in [-0.15, -0.1) is 65.2 Å². The molecule has 3 unspecified atom stereocenters. The molecule has 2 aromatic heterocycles. The smallest absolute Gasteiger partial charge is 0.0798 e. The van der Waals surface area contributed by atoms with Crippen LogP contribution in [0.5, 0.6) is 0 Å². The maximum absolute atomic E-state index is 9.15. The third kappa shape index (κ3) is 7.90. The van der Waals surface area contributed by atoms with Gasteiger partial charge in [0, 0.05) is 40.7 Å². The van der Waals surface area contributed by atoms with Gasteiger partial charge in [-0.2, -0.15) is 0 Å². The van der Waals surface area contributed by atoms with E-state index >= 15 is 0 Å². The Hall–Kier alpha value is -5.51. The molecule has 0 amide bonds. The summed E-state index contributed by atoms with van der Waals surface area (Å²) in [5.41, 5.74) is 14.1. The minimum atomic E-state index is -1.70. The Labute approximate surface area is 385 Å². The van der Waals surface area contributed by atoms with E-state index in [9.17, 15) is 0 Å². The average Bonchev–Trinajstić information content (AvgIpc) is 4.06. The molecule has 6 aromatic carbocycles. The summed E-state index contributed by atoms with van der Waals surface area (Å²) in [6.07, 6.45) is 7.38. The minimum Gasteiger partial charge on any atom is -0.305 e. The van der Waals surface area contributed by atoms with Crippen molar-refractivity contribution in [3.05, 3.63) is 222 Å². The maximum Gasteiger partial charge on any atom is 0.0798 e. The van der Waals surface area contributed by atoms with Crippen LogP contribution in [0.15, 0.2) is 182 Å². The fraction of sp³-hybridized carbons (Fsp3) is 0.207. The number of aromatic nitrogens is 2. The van der Waals surface area contributed by atoms with E-state index in [1.165, 1.54) is 63.4 Å². The second-order valence-electron chi connectivity index (χ2n) is 18.1. The third-order valence-electron chi connectivity index (χ3n) is 13.3. The van der Waals surface area contributed by atoms with Crippen molar-refractivity contribution in [1.29, 1.82) is 0 Å². The van der Waals surface area contributed by atoms with E-state index in [1.807, 2.05) is 48.8 Å². The topological polar surface area (TPSA) is 25.8 Å². The van der Waals surface area contributed by atoms with Crippen LogP contribution in [0.4, 0.5) is 0 Å². The van der Waals surface area contributed by atoms with E-state index in [2.05, 4.69) is 165 Å². The van der Waals surface area contributed by atoms with Crippen molar-refractivity contribution in [1.82, 2.24) is 9.97 Å². The summed E-state index contributed by atoms with van der Waals surface area (Å²) in [5, 5.41) is 1.17. The number of benzene rings is 6. The van der Waals surface area contributed by atoms with Crippen LogP contribution in [0.3, 0.4) is 0 Å². The summed E-state index contributed by atoms with van der Waals surface area (Å²) in [5.74, 6) is 1.47. The van der Waals surface area contributed by atoms with Crippen LogP contribution in [-0.4, -0.2) is 18.0 Å². The molecule has 3 atom stereocenters. The average molecular weight is 999 g/mol. The molecule has 4 heteroatoms. The Morgan fingerprint density at radius 1 is 0.629 bits per heavy atom. The number of nitrogens with zero attached hydrogens (tertiary/aromatic N) is 2. The van der Waals surface area contributed by atoms with Gasteiger partial charge in [-0.1, -0.05) is 165 Å². The van der Waals surface area contributed by atoms with Gasteiger partial charge in [-0.3, -0.25) is 0 Å². The number of hydrogen-bond acceptors (Lipinski definition) is 2. The summed E-state index contributed by atoms with van der Waals surface area (Å²) in [7, 11) is -1.70. The molecule has 2 saturated carbocycles. The van der Waals surface area contributed by atoms with Gasteiger partial charge in [0.05, 0.1) is 8.07 Å². The van der Waals surface area contributed by atoms with Crippen molar-refractivity contribution in [2.24, 2.45) is 17.8 Å². The second-order valence-corrected chi connectivity index (χ2v) is 23.1. The molecule has 2 nitrogen and oxygen atoms in total. The van der Waals surface area contributed by atoms with Crippen molar-refractivity contribution in [2.45, 2.75) is 57.1 Å². The normalized spacial score (nSPS) is 18.6. The summed E-state index contributed by atoms with van der Waals surface area (Å²) in [4.78, 5) is 9.44. The zero-order chi connectivity index (χ0) is 43.2. The van der Waals surface area contributed by atoms with Gasteiger partial charge in [-0.05, 0) is 99.4 Å². The Kier molecular flexibility index (Phi) is 11.2. The fourth-order valence-corrected chi connectivity index (χ4v) is 11.8. The predicted molar refractivity (Wildman–Crippen MR) is 255 cm³/mol. The van der Waals surface area contributed by atoms with E-state index in [1.54, 1.807) is 0 Å². The number of hydrogen-bond donors (Lipinski definition) is 0. The quantitative estimate of drug-likeness (QED) is 0.112. The minimum absolute atomic E-state index is 0. The summed E-state index contributed by atoms with van der Waals surface area (Å²) in [6, 6.07) is 66.4. The Bertz CT molecular complexity index is 2840. The van der Waals surface area contributed by atoms with Gasteiger partial charge in [0.2, 0.25) is 0 Å². The van der Waals surface area contributed by atoms with E-state index in [0.717, 1.165) is 46.0 Å². The monoisotopic (exact) mass is 999 g/mol. The van der Waals surface area contributed by atoms with Crippen molar-refractivity contribution in [3.8, 4) is 44.8 Å². The third-order valence-corrected chi connectivity index (χ3v) is 15.3. The molecule has 2 bridgehead atoms. The van der Waals surface area contributed by atoms with E-state index in [-0.39, 0.29) is 26.0 Å². The van der Waals surface area contributed by atoms with Gasteiger partial charge in [0.25, 0.3) is 0 Å². The molecule has 2 fully saturated rings. The van der Waals surface area contributed by atoms with Crippen molar-refractivity contribution < 1.29 is 22.8 Å². The zero-order valence-corrected chi connectivity index (χ0v) is 39.0. The molecule has 3 aliphatic carbocycles. The molecular formula is C58H52IrN2Si-2. The summed E-state index contributed by atoms with van der Waals surface area (Å²) >= 11 is 0. The van der Waals surface area contributed by atoms with Crippen LogP contribution in [0.25, 0.3) is 44.8 Å². The van der Waals surface area contributed by atoms with Crippen LogP contribution < -0.4 is 5.19 Å². The maximum atomic E-state index is 9.15. The van der Waals surface area contributed by atoms with Gasteiger partial charge >= 0.3 is 0 Å². The van der Waals surface area contributed by atoms with Gasteiger partial charge in [0.15, 0.2) is 0 Å². The molecule has 8 aromatic rings. The SMILES string of the molecule is [2H]C([2H])(c1cc(-c2[c-]cccc2)ncc1[Si](C)(C)C)C1CC2CCC1C2.[Ir].[c-]1cc2c(cc1-c1cc(-c3ccccc3)ccn1)-c1ccccc1C2(c1ccccc1)c1ccccc1. The number of rotatable bonds is 8. The van der Waals surface area contributed by atoms with Crippen LogP contribution in [0.1, 0.15) is 56.2 Å². The van der Waals surface area contributed by atoms with Gasteiger partial charge < -0.3 is 9.97 Å².